The standard InChI is InChI=1S/C15H20BrNO3/c1-15(2,3)20-14(18)17-7-5-6-10-8-11(16)9-12(19-4)13(10)17/h8-9H,5-7H2,1-4H3. The van der Waals surface area contributed by atoms with Gasteiger partial charge in [0.15, 0.2) is 0 Å². The van der Waals surface area contributed by atoms with E-state index in [0.717, 1.165) is 28.6 Å². The van der Waals surface area contributed by atoms with Crippen LogP contribution in [0, 0.1) is 0 Å². The molecule has 20 heavy (non-hydrogen) atoms. The first kappa shape index (κ1) is 15.2. The van der Waals surface area contributed by atoms with Gasteiger partial charge in [-0.15, -0.1) is 0 Å². The SMILES string of the molecule is COc1cc(Br)cc2c1N(C(=O)OC(C)(C)C)CCC2. The summed E-state index contributed by atoms with van der Waals surface area (Å²) in [7, 11) is 1.62. The van der Waals surface area contributed by atoms with Crippen molar-refractivity contribution < 1.29 is 14.3 Å². The van der Waals surface area contributed by atoms with E-state index in [2.05, 4.69) is 15.9 Å². The number of hydrogen-bond acceptors (Lipinski definition) is 3. The Morgan fingerprint density at radius 1 is 1.35 bits per heavy atom. The molecule has 1 amide bonds. The van der Waals surface area contributed by atoms with E-state index < -0.39 is 5.60 Å². The van der Waals surface area contributed by atoms with Crippen LogP contribution in [0.4, 0.5) is 10.5 Å². The minimum atomic E-state index is -0.503. The van der Waals surface area contributed by atoms with Crippen molar-refractivity contribution >= 4 is 27.7 Å². The third-order valence-corrected chi connectivity index (χ3v) is 3.51. The highest BCUT2D eigenvalue weighted by molar-refractivity contribution is 9.10. The minimum Gasteiger partial charge on any atom is -0.495 e. The number of carbonyl (C=O) groups is 1. The van der Waals surface area contributed by atoms with Crippen LogP contribution >= 0.6 is 15.9 Å². The van der Waals surface area contributed by atoms with Crippen molar-refractivity contribution in [2.75, 3.05) is 18.6 Å². The molecule has 1 aliphatic rings. The summed E-state index contributed by atoms with van der Waals surface area (Å²) in [6, 6.07) is 3.91. The van der Waals surface area contributed by atoms with Crippen LogP contribution in [0.25, 0.3) is 0 Å². The molecule has 0 aliphatic carbocycles. The normalized spacial score (nSPS) is 14.8. The summed E-state index contributed by atoms with van der Waals surface area (Å²) in [4.78, 5) is 14.0. The summed E-state index contributed by atoms with van der Waals surface area (Å²) in [5.74, 6) is 0.694. The maximum absolute atomic E-state index is 12.4. The van der Waals surface area contributed by atoms with Crippen LogP contribution in [-0.4, -0.2) is 25.3 Å². The summed E-state index contributed by atoms with van der Waals surface area (Å²) < 4.78 is 11.9. The van der Waals surface area contributed by atoms with Gasteiger partial charge in [0.05, 0.1) is 12.8 Å². The van der Waals surface area contributed by atoms with Gasteiger partial charge in [0, 0.05) is 11.0 Å². The van der Waals surface area contributed by atoms with Crippen LogP contribution in [0.3, 0.4) is 0 Å². The maximum atomic E-state index is 12.4. The topological polar surface area (TPSA) is 38.8 Å². The zero-order chi connectivity index (χ0) is 14.9. The fraction of sp³-hybridized carbons (Fsp3) is 0.533. The van der Waals surface area contributed by atoms with Gasteiger partial charge in [-0.05, 0) is 51.3 Å². The van der Waals surface area contributed by atoms with Crippen molar-refractivity contribution in [3.05, 3.63) is 22.2 Å². The van der Waals surface area contributed by atoms with Crippen molar-refractivity contribution in [3.63, 3.8) is 0 Å². The lowest BCUT2D eigenvalue weighted by Gasteiger charge is -2.32. The molecule has 0 bridgehead atoms. The fourth-order valence-electron chi connectivity index (χ4n) is 2.32. The number of nitrogens with zero attached hydrogens (tertiary/aromatic N) is 1. The molecule has 0 unspecified atom stereocenters. The Morgan fingerprint density at radius 2 is 2.05 bits per heavy atom. The quantitative estimate of drug-likeness (QED) is 0.770. The largest absolute Gasteiger partial charge is 0.495 e. The van der Waals surface area contributed by atoms with E-state index in [9.17, 15) is 4.79 Å². The number of amides is 1. The van der Waals surface area contributed by atoms with Gasteiger partial charge in [0.1, 0.15) is 11.4 Å². The minimum absolute atomic E-state index is 0.320. The van der Waals surface area contributed by atoms with Crippen molar-refractivity contribution in [3.8, 4) is 5.75 Å². The van der Waals surface area contributed by atoms with E-state index >= 15 is 0 Å². The van der Waals surface area contributed by atoms with Gasteiger partial charge in [0.25, 0.3) is 0 Å². The molecule has 5 heteroatoms. The summed E-state index contributed by atoms with van der Waals surface area (Å²) in [5, 5.41) is 0. The molecule has 0 N–H and O–H groups in total. The summed E-state index contributed by atoms with van der Waals surface area (Å²) in [6.45, 7) is 6.26. The summed E-state index contributed by atoms with van der Waals surface area (Å²) >= 11 is 3.47. The maximum Gasteiger partial charge on any atom is 0.414 e. The molecule has 1 heterocycles. The van der Waals surface area contributed by atoms with Crippen molar-refractivity contribution in [2.24, 2.45) is 0 Å². The molecule has 0 radical (unpaired) electrons. The number of fused-ring (bicyclic) bond motifs is 1. The highest BCUT2D eigenvalue weighted by Gasteiger charge is 2.30. The van der Waals surface area contributed by atoms with Crippen molar-refractivity contribution in [2.45, 2.75) is 39.2 Å². The average molecular weight is 342 g/mol. The molecule has 110 valence electrons. The Balaban J connectivity index is 2.39. The Labute approximate surface area is 128 Å². The third kappa shape index (κ3) is 3.26. The zero-order valence-electron chi connectivity index (χ0n) is 12.3. The van der Waals surface area contributed by atoms with Crippen LogP contribution in [0.2, 0.25) is 0 Å². The van der Waals surface area contributed by atoms with Crippen LogP contribution in [0.15, 0.2) is 16.6 Å². The Kier molecular flexibility index (Phi) is 4.28. The van der Waals surface area contributed by atoms with Gasteiger partial charge < -0.3 is 9.47 Å². The molecule has 0 aromatic heterocycles. The third-order valence-electron chi connectivity index (χ3n) is 3.05. The predicted octanol–water partition coefficient (Wildman–Crippen LogP) is 4.15. The molecular formula is C15H20BrNO3. The molecular weight excluding hydrogens is 322 g/mol. The van der Waals surface area contributed by atoms with E-state index in [1.165, 1.54) is 0 Å². The number of methoxy groups -OCH3 is 1. The van der Waals surface area contributed by atoms with Crippen molar-refractivity contribution in [1.29, 1.82) is 0 Å². The molecule has 1 aliphatic heterocycles. The predicted molar refractivity (Wildman–Crippen MR) is 82.6 cm³/mol. The second kappa shape index (κ2) is 5.64. The van der Waals surface area contributed by atoms with E-state index in [4.69, 9.17) is 9.47 Å². The van der Waals surface area contributed by atoms with Crippen LogP contribution in [0.1, 0.15) is 32.8 Å². The number of hydrogen-bond donors (Lipinski definition) is 0. The lowest BCUT2D eigenvalue weighted by Crippen LogP contribution is -2.40. The molecule has 0 saturated carbocycles. The summed E-state index contributed by atoms with van der Waals surface area (Å²) in [6.07, 6.45) is 1.54. The van der Waals surface area contributed by atoms with Gasteiger partial charge in [-0.3, -0.25) is 4.90 Å². The first-order valence-corrected chi connectivity index (χ1v) is 7.48. The molecule has 1 aromatic carbocycles. The second-order valence-corrected chi connectivity index (χ2v) is 6.77. The van der Waals surface area contributed by atoms with E-state index in [1.807, 2.05) is 32.9 Å². The molecule has 0 atom stereocenters. The number of aryl methyl sites for hydroxylation is 1. The smallest absolute Gasteiger partial charge is 0.414 e. The second-order valence-electron chi connectivity index (χ2n) is 5.85. The van der Waals surface area contributed by atoms with Gasteiger partial charge in [0.2, 0.25) is 0 Å². The highest BCUT2D eigenvalue weighted by atomic mass is 79.9. The van der Waals surface area contributed by atoms with E-state index in [1.54, 1.807) is 12.0 Å². The first-order chi connectivity index (χ1) is 9.31. The molecule has 0 saturated heterocycles. The van der Waals surface area contributed by atoms with Gasteiger partial charge in [-0.1, -0.05) is 15.9 Å². The summed E-state index contributed by atoms with van der Waals surface area (Å²) in [5.41, 5.74) is 1.43. The Bertz CT molecular complexity index is 505. The number of carbonyl (C=O) groups excluding carboxylic acids is 1. The number of anilines is 1. The molecule has 4 nitrogen and oxygen atoms in total. The number of benzene rings is 1. The Morgan fingerprint density at radius 3 is 2.65 bits per heavy atom. The zero-order valence-corrected chi connectivity index (χ0v) is 13.9. The van der Waals surface area contributed by atoms with Crippen LogP contribution in [0.5, 0.6) is 5.75 Å². The van der Waals surface area contributed by atoms with Crippen molar-refractivity contribution in [1.82, 2.24) is 0 Å². The van der Waals surface area contributed by atoms with E-state index in [-0.39, 0.29) is 6.09 Å². The van der Waals surface area contributed by atoms with E-state index in [0.29, 0.717) is 12.3 Å². The van der Waals surface area contributed by atoms with Gasteiger partial charge in [-0.25, -0.2) is 4.79 Å². The van der Waals surface area contributed by atoms with Gasteiger partial charge >= 0.3 is 6.09 Å². The average Bonchev–Trinajstić information content (AvgIpc) is 2.34. The molecule has 0 spiro atoms. The van der Waals surface area contributed by atoms with Gasteiger partial charge in [-0.2, -0.15) is 0 Å². The fourth-order valence-corrected chi connectivity index (χ4v) is 2.80. The van der Waals surface area contributed by atoms with Crippen LogP contribution in [-0.2, 0) is 11.2 Å². The Hall–Kier alpha value is -1.23. The first-order valence-electron chi connectivity index (χ1n) is 6.69. The molecule has 1 aromatic rings. The van der Waals surface area contributed by atoms with Crippen LogP contribution < -0.4 is 9.64 Å². The molecule has 0 fully saturated rings. The lowest BCUT2D eigenvalue weighted by molar-refractivity contribution is 0.0577. The molecule has 2 rings (SSSR count). The lowest BCUT2D eigenvalue weighted by atomic mass is 10.0. The number of rotatable bonds is 1. The number of ether oxygens (including phenoxy) is 2. The number of halogens is 1. The highest BCUT2D eigenvalue weighted by Crippen LogP contribution is 2.39. The monoisotopic (exact) mass is 341 g/mol.